The molecule has 8 heteroatoms. The maximum atomic E-state index is 12.8. The molecule has 0 aliphatic carbocycles. The molecule has 0 unspecified atom stereocenters. The summed E-state index contributed by atoms with van der Waals surface area (Å²) in [5.74, 6) is 0.137. The lowest BCUT2D eigenvalue weighted by Crippen LogP contribution is -2.27. The van der Waals surface area contributed by atoms with Gasteiger partial charge in [0.05, 0.1) is 11.9 Å². The molecule has 0 saturated heterocycles. The van der Waals surface area contributed by atoms with Gasteiger partial charge in [-0.2, -0.15) is 5.10 Å². The maximum absolute atomic E-state index is 12.8. The average Bonchev–Trinajstić information content (AvgIpc) is 3.10. The van der Waals surface area contributed by atoms with Crippen LogP contribution in [-0.4, -0.2) is 28.1 Å². The summed E-state index contributed by atoms with van der Waals surface area (Å²) in [4.78, 5) is 25.1. The average molecular weight is 471 g/mol. The molecule has 3 rings (SSSR count). The molecule has 30 heavy (non-hydrogen) atoms. The van der Waals surface area contributed by atoms with E-state index in [1.807, 2.05) is 37.3 Å². The van der Waals surface area contributed by atoms with E-state index in [0.717, 1.165) is 22.2 Å². The first-order valence-electron chi connectivity index (χ1n) is 9.56. The molecule has 3 aromatic rings. The zero-order chi connectivity index (χ0) is 21.5. The number of ether oxygens (including phenoxy) is 1. The summed E-state index contributed by atoms with van der Waals surface area (Å²) in [5.41, 5.74) is 2.00. The number of nitrogens with one attached hydrogen (secondary N) is 2. The molecule has 2 N–H and O–H groups in total. The van der Waals surface area contributed by atoms with Gasteiger partial charge in [-0.3, -0.25) is 14.3 Å². The van der Waals surface area contributed by atoms with Crippen LogP contribution in [0.2, 0.25) is 0 Å². The van der Waals surface area contributed by atoms with Gasteiger partial charge >= 0.3 is 0 Å². The monoisotopic (exact) mass is 470 g/mol. The molecule has 0 fully saturated rings. The van der Waals surface area contributed by atoms with Crippen molar-refractivity contribution in [3.8, 4) is 5.75 Å². The first-order valence-corrected chi connectivity index (χ1v) is 10.4. The van der Waals surface area contributed by atoms with E-state index in [0.29, 0.717) is 30.1 Å². The van der Waals surface area contributed by atoms with Crippen molar-refractivity contribution >= 4 is 33.4 Å². The number of nitrogens with zero attached hydrogens (tertiary/aromatic N) is 2. The Morgan fingerprint density at radius 2 is 1.93 bits per heavy atom. The fraction of sp³-hybridized carbons (Fsp3) is 0.227. The van der Waals surface area contributed by atoms with Crippen molar-refractivity contribution in [1.82, 2.24) is 15.1 Å². The van der Waals surface area contributed by atoms with Gasteiger partial charge in [-0.25, -0.2) is 0 Å². The molecular weight excluding hydrogens is 448 g/mol. The summed E-state index contributed by atoms with van der Waals surface area (Å²) in [6.07, 6.45) is 2.29. The van der Waals surface area contributed by atoms with Crippen LogP contribution in [-0.2, 0) is 13.7 Å². The Morgan fingerprint density at radius 3 is 2.70 bits per heavy atom. The number of anilines is 1. The highest BCUT2D eigenvalue weighted by Gasteiger charge is 2.19. The number of hydrogen-bond acceptors (Lipinski definition) is 4. The molecular formula is C22H23BrN4O3. The van der Waals surface area contributed by atoms with E-state index in [1.165, 1.54) is 10.9 Å². The summed E-state index contributed by atoms with van der Waals surface area (Å²) in [6, 6.07) is 14.7. The lowest BCUT2D eigenvalue weighted by atomic mass is 10.1. The molecule has 0 spiro atoms. The van der Waals surface area contributed by atoms with Crippen LogP contribution in [0.1, 0.15) is 39.8 Å². The van der Waals surface area contributed by atoms with Crippen LogP contribution in [0, 0.1) is 0 Å². The molecule has 0 radical (unpaired) electrons. The zero-order valence-corrected chi connectivity index (χ0v) is 18.4. The van der Waals surface area contributed by atoms with Crippen molar-refractivity contribution in [2.45, 2.75) is 20.0 Å². The summed E-state index contributed by atoms with van der Waals surface area (Å²) >= 11 is 3.41. The van der Waals surface area contributed by atoms with Gasteiger partial charge in [-0.05, 0) is 42.3 Å². The first kappa shape index (κ1) is 21.6. The largest absolute Gasteiger partial charge is 0.489 e. The lowest BCUT2D eigenvalue weighted by Gasteiger charge is -2.10. The van der Waals surface area contributed by atoms with E-state index >= 15 is 0 Å². The molecule has 0 aliphatic rings. The fourth-order valence-corrected chi connectivity index (χ4v) is 3.22. The van der Waals surface area contributed by atoms with Gasteiger partial charge in [0.1, 0.15) is 18.1 Å². The molecule has 1 heterocycles. The second-order valence-electron chi connectivity index (χ2n) is 6.69. The normalized spacial score (nSPS) is 10.5. The van der Waals surface area contributed by atoms with E-state index in [2.05, 4.69) is 31.7 Å². The van der Waals surface area contributed by atoms with Crippen LogP contribution in [0.15, 0.2) is 59.2 Å². The van der Waals surface area contributed by atoms with Crippen LogP contribution in [0.3, 0.4) is 0 Å². The van der Waals surface area contributed by atoms with Gasteiger partial charge in [-0.1, -0.05) is 41.1 Å². The minimum absolute atomic E-state index is 0.275. The second kappa shape index (κ2) is 10.1. The highest BCUT2D eigenvalue weighted by Crippen LogP contribution is 2.20. The summed E-state index contributed by atoms with van der Waals surface area (Å²) in [6.45, 7) is 2.85. The summed E-state index contributed by atoms with van der Waals surface area (Å²) in [7, 11) is 1.66. The topological polar surface area (TPSA) is 85.2 Å². The molecule has 0 atom stereocenters. The van der Waals surface area contributed by atoms with Gasteiger partial charge in [0, 0.05) is 23.6 Å². The van der Waals surface area contributed by atoms with Crippen molar-refractivity contribution in [2.75, 3.05) is 11.9 Å². The summed E-state index contributed by atoms with van der Waals surface area (Å²) < 4.78 is 8.17. The van der Waals surface area contributed by atoms with Gasteiger partial charge in [0.2, 0.25) is 0 Å². The van der Waals surface area contributed by atoms with Crippen molar-refractivity contribution in [1.29, 1.82) is 0 Å². The highest BCUT2D eigenvalue weighted by molar-refractivity contribution is 9.10. The van der Waals surface area contributed by atoms with E-state index in [-0.39, 0.29) is 11.8 Å². The molecule has 0 aliphatic heterocycles. The van der Waals surface area contributed by atoms with E-state index in [1.54, 1.807) is 25.2 Å². The third-order valence-electron chi connectivity index (χ3n) is 4.33. The minimum atomic E-state index is -0.322. The van der Waals surface area contributed by atoms with E-state index < -0.39 is 0 Å². The Kier molecular flexibility index (Phi) is 7.24. The fourth-order valence-electron chi connectivity index (χ4n) is 2.84. The molecule has 2 amide bonds. The number of aromatic nitrogens is 2. The molecule has 1 aromatic heterocycles. The Bertz CT molecular complexity index is 1050. The van der Waals surface area contributed by atoms with Crippen molar-refractivity contribution in [3.63, 3.8) is 0 Å². The smallest absolute Gasteiger partial charge is 0.271 e. The highest BCUT2D eigenvalue weighted by atomic mass is 79.9. The standard InChI is InChI=1S/C22H23BrN4O3/c1-3-10-24-22(29)20-19(13-25-27(20)2)26-21(28)16-7-4-6-15(11-16)14-30-18-9-5-8-17(23)12-18/h4-9,11-13H,3,10,14H2,1-2H3,(H,24,29)(H,26,28). The molecule has 7 nitrogen and oxygen atoms in total. The van der Waals surface area contributed by atoms with Gasteiger partial charge < -0.3 is 15.4 Å². The minimum Gasteiger partial charge on any atom is -0.489 e. The number of benzene rings is 2. The molecule has 156 valence electrons. The van der Waals surface area contributed by atoms with Crippen LogP contribution in [0.5, 0.6) is 5.75 Å². The quantitative estimate of drug-likeness (QED) is 0.517. The third kappa shape index (κ3) is 5.48. The third-order valence-corrected chi connectivity index (χ3v) is 4.82. The van der Waals surface area contributed by atoms with Gasteiger partial charge in [0.25, 0.3) is 11.8 Å². The molecule has 0 bridgehead atoms. The predicted molar refractivity (Wildman–Crippen MR) is 119 cm³/mol. The van der Waals surface area contributed by atoms with Gasteiger partial charge in [-0.15, -0.1) is 0 Å². The number of hydrogen-bond donors (Lipinski definition) is 2. The Balaban J connectivity index is 1.69. The molecule has 0 saturated carbocycles. The van der Waals surface area contributed by atoms with E-state index in [4.69, 9.17) is 4.74 Å². The van der Waals surface area contributed by atoms with Crippen molar-refractivity contribution in [2.24, 2.45) is 7.05 Å². The van der Waals surface area contributed by atoms with Crippen molar-refractivity contribution in [3.05, 3.63) is 76.0 Å². The lowest BCUT2D eigenvalue weighted by molar-refractivity contribution is 0.0945. The number of amides is 2. The SMILES string of the molecule is CCCNC(=O)c1c(NC(=O)c2cccc(COc3cccc(Br)c3)c2)cnn1C. The van der Waals surface area contributed by atoms with Crippen molar-refractivity contribution < 1.29 is 14.3 Å². The van der Waals surface area contributed by atoms with Crippen LogP contribution < -0.4 is 15.4 Å². The number of carbonyl (C=O) groups is 2. The Labute approximate surface area is 183 Å². The van der Waals surface area contributed by atoms with Crippen LogP contribution in [0.25, 0.3) is 0 Å². The number of halogens is 1. The van der Waals surface area contributed by atoms with Crippen LogP contribution in [0.4, 0.5) is 5.69 Å². The first-order chi connectivity index (χ1) is 14.5. The number of rotatable bonds is 8. The predicted octanol–water partition coefficient (Wildman–Crippen LogP) is 4.15. The zero-order valence-electron chi connectivity index (χ0n) is 16.8. The maximum Gasteiger partial charge on any atom is 0.271 e. The Morgan fingerprint density at radius 1 is 1.13 bits per heavy atom. The molecule has 2 aromatic carbocycles. The summed E-state index contributed by atoms with van der Waals surface area (Å²) in [5, 5.41) is 9.68. The number of aryl methyl sites for hydroxylation is 1. The van der Waals surface area contributed by atoms with E-state index in [9.17, 15) is 9.59 Å². The second-order valence-corrected chi connectivity index (χ2v) is 7.60. The number of carbonyl (C=O) groups excluding carboxylic acids is 2. The Hall–Kier alpha value is -3.13. The van der Waals surface area contributed by atoms with Crippen LogP contribution >= 0.6 is 15.9 Å². The van der Waals surface area contributed by atoms with Gasteiger partial charge in [0.15, 0.2) is 0 Å².